The van der Waals surface area contributed by atoms with Gasteiger partial charge in [-0.25, -0.2) is 9.97 Å². The van der Waals surface area contributed by atoms with Crippen molar-refractivity contribution in [1.29, 1.82) is 0 Å². The summed E-state index contributed by atoms with van der Waals surface area (Å²) in [6, 6.07) is 0. The molecule has 0 bridgehead atoms. The van der Waals surface area contributed by atoms with Gasteiger partial charge in [0, 0.05) is 44.6 Å². The van der Waals surface area contributed by atoms with Crippen molar-refractivity contribution < 1.29 is 4.79 Å². The first kappa shape index (κ1) is 13.5. The van der Waals surface area contributed by atoms with Gasteiger partial charge in [0.1, 0.15) is 5.82 Å². The zero-order chi connectivity index (χ0) is 14.2. The molecule has 0 aliphatic carbocycles. The van der Waals surface area contributed by atoms with Crippen LogP contribution in [0.4, 0.5) is 0 Å². The van der Waals surface area contributed by atoms with Crippen LogP contribution in [0.5, 0.6) is 0 Å². The molecule has 108 valence electrons. The fourth-order valence-electron chi connectivity index (χ4n) is 3.50. The number of hydrogen-bond acceptors (Lipinski definition) is 4. The van der Waals surface area contributed by atoms with Crippen molar-refractivity contribution in [2.75, 3.05) is 26.7 Å². The zero-order valence-electron chi connectivity index (χ0n) is 12.3. The normalized spacial score (nSPS) is 27.5. The number of aromatic nitrogens is 2. The smallest absolute Gasteiger partial charge is 0.229 e. The average molecular weight is 274 g/mol. The van der Waals surface area contributed by atoms with Gasteiger partial charge < -0.3 is 4.90 Å². The van der Waals surface area contributed by atoms with Crippen molar-refractivity contribution in [1.82, 2.24) is 19.8 Å². The van der Waals surface area contributed by atoms with E-state index in [9.17, 15) is 4.79 Å². The minimum atomic E-state index is -0.126. The molecule has 2 aliphatic rings. The minimum absolute atomic E-state index is 0.126. The molecule has 0 saturated carbocycles. The highest BCUT2D eigenvalue weighted by Gasteiger charge is 2.47. The Morgan fingerprint density at radius 1 is 1.25 bits per heavy atom. The van der Waals surface area contributed by atoms with Crippen LogP contribution in [0.3, 0.4) is 0 Å². The molecule has 5 heteroatoms. The van der Waals surface area contributed by atoms with Gasteiger partial charge in [0.15, 0.2) is 0 Å². The highest BCUT2D eigenvalue weighted by molar-refractivity contribution is 5.83. The van der Waals surface area contributed by atoms with Crippen LogP contribution in [0.25, 0.3) is 0 Å². The van der Waals surface area contributed by atoms with Crippen LogP contribution in [0.15, 0.2) is 12.4 Å². The number of aryl methyl sites for hydroxylation is 1. The Kier molecular flexibility index (Phi) is 3.46. The molecule has 2 fully saturated rings. The Morgan fingerprint density at radius 3 is 2.75 bits per heavy atom. The van der Waals surface area contributed by atoms with E-state index in [1.54, 1.807) is 0 Å². The van der Waals surface area contributed by atoms with Gasteiger partial charge in [-0.05, 0) is 32.7 Å². The lowest BCUT2D eigenvalue weighted by Gasteiger charge is -2.37. The predicted octanol–water partition coefficient (Wildman–Crippen LogP) is 1.23. The van der Waals surface area contributed by atoms with E-state index >= 15 is 0 Å². The minimum Gasteiger partial charge on any atom is -0.345 e. The van der Waals surface area contributed by atoms with Crippen molar-refractivity contribution in [3.8, 4) is 0 Å². The number of carbonyl (C=O) groups excluding carboxylic acids is 1. The van der Waals surface area contributed by atoms with Crippen LogP contribution in [0.1, 0.15) is 30.7 Å². The molecule has 20 heavy (non-hydrogen) atoms. The maximum atomic E-state index is 12.5. The molecule has 1 amide bonds. The molecular weight excluding hydrogens is 252 g/mol. The summed E-state index contributed by atoms with van der Waals surface area (Å²) in [6.07, 6.45) is 6.94. The molecule has 2 saturated heterocycles. The summed E-state index contributed by atoms with van der Waals surface area (Å²) < 4.78 is 0. The standard InChI is InChI=1S/C15H22N4O/c1-12-16-8-13(9-17-12)10-19-7-5-15(11-19)4-3-6-18(2)14(15)20/h8-9H,3-7,10-11H2,1-2H3. The van der Waals surface area contributed by atoms with Crippen LogP contribution in [0.2, 0.25) is 0 Å². The van der Waals surface area contributed by atoms with E-state index in [4.69, 9.17) is 0 Å². The third-order valence-corrected chi connectivity index (χ3v) is 4.62. The van der Waals surface area contributed by atoms with Crippen molar-refractivity contribution in [3.63, 3.8) is 0 Å². The zero-order valence-corrected chi connectivity index (χ0v) is 12.3. The largest absolute Gasteiger partial charge is 0.345 e. The Balaban J connectivity index is 1.67. The van der Waals surface area contributed by atoms with E-state index < -0.39 is 0 Å². The predicted molar refractivity (Wildman–Crippen MR) is 76.0 cm³/mol. The summed E-state index contributed by atoms with van der Waals surface area (Å²) in [5, 5.41) is 0. The highest BCUT2D eigenvalue weighted by atomic mass is 16.2. The molecule has 3 heterocycles. The van der Waals surface area contributed by atoms with Gasteiger partial charge in [-0.3, -0.25) is 9.69 Å². The number of nitrogens with zero attached hydrogens (tertiary/aromatic N) is 4. The quantitative estimate of drug-likeness (QED) is 0.814. The van der Waals surface area contributed by atoms with Crippen molar-refractivity contribution in [2.45, 2.75) is 32.7 Å². The number of piperidine rings is 1. The molecule has 2 aliphatic heterocycles. The molecule has 1 aromatic rings. The average Bonchev–Trinajstić information content (AvgIpc) is 2.83. The van der Waals surface area contributed by atoms with E-state index in [1.165, 1.54) is 0 Å². The Bertz CT molecular complexity index is 501. The number of likely N-dealkylation sites (tertiary alicyclic amines) is 2. The van der Waals surface area contributed by atoms with E-state index in [0.29, 0.717) is 5.91 Å². The first-order valence-corrected chi connectivity index (χ1v) is 7.35. The van der Waals surface area contributed by atoms with Gasteiger partial charge in [-0.1, -0.05) is 0 Å². The van der Waals surface area contributed by atoms with Crippen molar-refractivity contribution in [2.24, 2.45) is 5.41 Å². The van der Waals surface area contributed by atoms with E-state index in [0.717, 1.165) is 56.8 Å². The summed E-state index contributed by atoms with van der Waals surface area (Å²) in [7, 11) is 1.93. The highest BCUT2D eigenvalue weighted by Crippen LogP contribution is 2.39. The molecule has 3 rings (SSSR count). The number of rotatable bonds is 2. The lowest BCUT2D eigenvalue weighted by Crippen LogP contribution is -2.48. The third-order valence-electron chi connectivity index (χ3n) is 4.62. The first-order valence-electron chi connectivity index (χ1n) is 7.35. The summed E-state index contributed by atoms with van der Waals surface area (Å²) in [4.78, 5) is 25.2. The molecule has 1 atom stereocenters. The van der Waals surface area contributed by atoms with Crippen molar-refractivity contribution >= 4 is 5.91 Å². The number of amides is 1. The third kappa shape index (κ3) is 2.42. The molecule has 0 radical (unpaired) electrons. The van der Waals surface area contributed by atoms with Crippen molar-refractivity contribution in [3.05, 3.63) is 23.8 Å². The van der Waals surface area contributed by atoms with Crippen LogP contribution < -0.4 is 0 Å². The Morgan fingerprint density at radius 2 is 2.00 bits per heavy atom. The number of carbonyl (C=O) groups is 1. The second kappa shape index (κ2) is 5.13. The lowest BCUT2D eigenvalue weighted by atomic mass is 9.78. The maximum Gasteiger partial charge on any atom is 0.229 e. The van der Waals surface area contributed by atoms with Gasteiger partial charge in [0.25, 0.3) is 0 Å². The Labute approximate surface area is 120 Å². The van der Waals surface area contributed by atoms with Gasteiger partial charge in [-0.15, -0.1) is 0 Å². The van der Waals surface area contributed by atoms with E-state index in [-0.39, 0.29) is 5.41 Å². The van der Waals surface area contributed by atoms with Gasteiger partial charge in [-0.2, -0.15) is 0 Å². The van der Waals surface area contributed by atoms with Crippen LogP contribution in [0, 0.1) is 12.3 Å². The molecule has 1 spiro atoms. The molecule has 5 nitrogen and oxygen atoms in total. The van der Waals surface area contributed by atoms with Crippen LogP contribution in [-0.4, -0.2) is 52.4 Å². The summed E-state index contributed by atoms with van der Waals surface area (Å²) in [5.74, 6) is 1.14. The maximum absolute atomic E-state index is 12.5. The Hall–Kier alpha value is -1.49. The molecule has 0 N–H and O–H groups in total. The number of hydrogen-bond donors (Lipinski definition) is 0. The van der Waals surface area contributed by atoms with E-state index in [1.807, 2.05) is 31.3 Å². The van der Waals surface area contributed by atoms with Gasteiger partial charge in [0.2, 0.25) is 5.91 Å². The monoisotopic (exact) mass is 274 g/mol. The summed E-state index contributed by atoms with van der Waals surface area (Å²) >= 11 is 0. The van der Waals surface area contributed by atoms with Crippen LogP contribution >= 0.6 is 0 Å². The molecule has 1 unspecified atom stereocenters. The van der Waals surface area contributed by atoms with Gasteiger partial charge in [0.05, 0.1) is 5.41 Å². The molecule has 1 aromatic heterocycles. The summed E-state index contributed by atoms with van der Waals surface area (Å²) in [6.45, 7) is 5.52. The second-order valence-electron chi connectivity index (χ2n) is 6.21. The SMILES string of the molecule is Cc1ncc(CN2CCC3(CCCN(C)C3=O)C2)cn1. The van der Waals surface area contributed by atoms with Crippen LogP contribution in [-0.2, 0) is 11.3 Å². The first-order chi connectivity index (χ1) is 9.59. The fraction of sp³-hybridized carbons (Fsp3) is 0.667. The molecule has 0 aromatic carbocycles. The van der Waals surface area contributed by atoms with E-state index in [2.05, 4.69) is 14.9 Å². The summed E-state index contributed by atoms with van der Waals surface area (Å²) in [5.41, 5.74) is 1.00. The second-order valence-corrected chi connectivity index (χ2v) is 6.21. The van der Waals surface area contributed by atoms with Gasteiger partial charge >= 0.3 is 0 Å². The topological polar surface area (TPSA) is 49.3 Å². The lowest BCUT2D eigenvalue weighted by molar-refractivity contribution is -0.143. The molecular formula is C15H22N4O. The fourth-order valence-corrected chi connectivity index (χ4v) is 3.50.